The first-order chi connectivity index (χ1) is 21.8. The van der Waals surface area contributed by atoms with Gasteiger partial charge in [0.25, 0.3) is 5.91 Å². The number of anilines is 1. The molecule has 12 heteroatoms. The van der Waals surface area contributed by atoms with E-state index in [-0.39, 0.29) is 43.5 Å². The van der Waals surface area contributed by atoms with Crippen LogP contribution in [0.3, 0.4) is 0 Å². The lowest BCUT2D eigenvalue weighted by Gasteiger charge is -2.24. The van der Waals surface area contributed by atoms with E-state index in [0.717, 1.165) is 42.6 Å². The Morgan fingerprint density at radius 1 is 0.911 bits per heavy atom. The van der Waals surface area contributed by atoms with Crippen molar-refractivity contribution in [1.82, 2.24) is 15.5 Å². The van der Waals surface area contributed by atoms with Crippen molar-refractivity contribution in [2.75, 3.05) is 38.4 Å². The van der Waals surface area contributed by atoms with Crippen LogP contribution < -0.4 is 20.7 Å². The summed E-state index contributed by atoms with van der Waals surface area (Å²) in [5.74, 6) is -0.0840. The zero-order chi connectivity index (χ0) is 32.4. The molecule has 0 spiro atoms. The summed E-state index contributed by atoms with van der Waals surface area (Å²) >= 11 is 0. The molecule has 2 atom stereocenters. The number of hydrogen-bond acceptors (Lipinski definition) is 8. The van der Waals surface area contributed by atoms with Crippen LogP contribution in [-0.4, -0.2) is 74.5 Å². The number of rotatable bonds is 22. The molecule has 1 aliphatic rings. The standard InChI is InChI=1S/C33H44N4O8/c1-24(13-14-31(40)35-23-39)37-20-29-28(33(37)42)11-8-12-30(29)36-32(41)21-44-18-17-43-15-5-3-4-6-16-45-27-10-7-9-26(19-27)25(2)34-22-38/h7-12,19,22-25H,3-6,13-18,20-21H2,1-2H3,(H,34,38)(H,36,41)(H,35,39,40). The highest BCUT2D eigenvalue weighted by molar-refractivity contribution is 6.02. The molecule has 0 saturated carbocycles. The number of ether oxygens (including phenoxy) is 3. The van der Waals surface area contributed by atoms with Crippen molar-refractivity contribution in [2.24, 2.45) is 0 Å². The van der Waals surface area contributed by atoms with Crippen molar-refractivity contribution in [1.29, 1.82) is 0 Å². The molecular weight excluding hydrogens is 580 g/mol. The number of amides is 5. The number of fused-ring (bicyclic) bond motifs is 1. The summed E-state index contributed by atoms with van der Waals surface area (Å²) in [6, 6.07) is 12.6. The average Bonchev–Trinajstić information content (AvgIpc) is 3.38. The van der Waals surface area contributed by atoms with Crippen LogP contribution in [0.2, 0.25) is 0 Å². The Morgan fingerprint density at radius 2 is 1.67 bits per heavy atom. The first-order valence-corrected chi connectivity index (χ1v) is 15.4. The number of hydrogen-bond donors (Lipinski definition) is 3. The van der Waals surface area contributed by atoms with Gasteiger partial charge < -0.3 is 29.7 Å². The molecule has 0 bridgehead atoms. The molecule has 0 saturated heterocycles. The summed E-state index contributed by atoms with van der Waals surface area (Å²) in [6.45, 7) is 5.86. The summed E-state index contributed by atoms with van der Waals surface area (Å²) < 4.78 is 16.9. The molecule has 0 radical (unpaired) electrons. The van der Waals surface area contributed by atoms with Crippen molar-refractivity contribution in [3.63, 3.8) is 0 Å². The minimum atomic E-state index is -0.392. The molecule has 0 fully saturated rings. The SMILES string of the molecule is CC(NC=O)c1cccc(OCCCCCCOCCOCC(=O)Nc2cccc3c2CN(C(C)CCC(=O)NC=O)C3=O)c1. The van der Waals surface area contributed by atoms with Gasteiger partial charge in [-0.25, -0.2) is 0 Å². The van der Waals surface area contributed by atoms with E-state index in [0.29, 0.717) is 56.9 Å². The van der Waals surface area contributed by atoms with Crippen molar-refractivity contribution < 1.29 is 38.2 Å². The van der Waals surface area contributed by atoms with Crippen LogP contribution in [0, 0.1) is 0 Å². The first kappa shape index (κ1) is 35.2. The van der Waals surface area contributed by atoms with Crippen LogP contribution in [0.1, 0.15) is 79.9 Å². The number of nitrogens with one attached hydrogen (secondary N) is 3. The van der Waals surface area contributed by atoms with E-state index in [1.165, 1.54) is 0 Å². The average molecular weight is 625 g/mol. The van der Waals surface area contributed by atoms with Gasteiger partial charge in [-0.3, -0.25) is 29.3 Å². The molecule has 45 heavy (non-hydrogen) atoms. The molecular formula is C33H44N4O8. The van der Waals surface area contributed by atoms with Crippen LogP contribution in [0.5, 0.6) is 5.75 Å². The fourth-order valence-electron chi connectivity index (χ4n) is 4.95. The van der Waals surface area contributed by atoms with Gasteiger partial charge in [-0.1, -0.05) is 24.6 Å². The molecule has 2 aromatic carbocycles. The molecule has 244 valence electrons. The number of nitrogens with zero attached hydrogens (tertiary/aromatic N) is 1. The zero-order valence-corrected chi connectivity index (χ0v) is 26.0. The predicted molar refractivity (Wildman–Crippen MR) is 168 cm³/mol. The van der Waals surface area contributed by atoms with E-state index >= 15 is 0 Å². The fraction of sp³-hybridized carbons (Fsp3) is 0.485. The topological polar surface area (TPSA) is 152 Å². The van der Waals surface area contributed by atoms with E-state index in [2.05, 4.69) is 16.0 Å². The van der Waals surface area contributed by atoms with Gasteiger partial charge in [0, 0.05) is 42.4 Å². The normalized spacial score (nSPS) is 13.5. The summed E-state index contributed by atoms with van der Waals surface area (Å²) in [4.78, 5) is 59.8. The van der Waals surface area contributed by atoms with E-state index < -0.39 is 5.91 Å². The van der Waals surface area contributed by atoms with Crippen LogP contribution >= 0.6 is 0 Å². The van der Waals surface area contributed by atoms with Crippen molar-refractivity contribution in [3.05, 3.63) is 59.2 Å². The lowest BCUT2D eigenvalue weighted by Crippen LogP contribution is -2.34. The molecule has 0 aromatic heterocycles. The highest BCUT2D eigenvalue weighted by Gasteiger charge is 2.32. The number of benzene rings is 2. The van der Waals surface area contributed by atoms with Crippen LogP contribution in [0.15, 0.2) is 42.5 Å². The van der Waals surface area contributed by atoms with Gasteiger partial charge in [-0.05, 0) is 69.4 Å². The Balaban J connectivity index is 1.24. The lowest BCUT2D eigenvalue weighted by molar-refractivity contribution is -0.125. The van der Waals surface area contributed by atoms with Crippen LogP contribution in [0.4, 0.5) is 5.69 Å². The maximum Gasteiger partial charge on any atom is 0.254 e. The summed E-state index contributed by atoms with van der Waals surface area (Å²) in [7, 11) is 0. The third kappa shape index (κ3) is 11.6. The molecule has 2 unspecified atom stereocenters. The summed E-state index contributed by atoms with van der Waals surface area (Å²) in [5, 5.41) is 7.67. The van der Waals surface area contributed by atoms with Gasteiger partial charge in [0.05, 0.1) is 25.9 Å². The lowest BCUT2D eigenvalue weighted by atomic mass is 10.1. The van der Waals surface area contributed by atoms with Gasteiger partial charge in [0.1, 0.15) is 12.4 Å². The van der Waals surface area contributed by atoms with E-state index in [9.17, 15) is 24.0 Å². The highest BCUT2D eigenvalue weighted by atomic mass is 16.5. The summed E-state index contributed by atoms with van der Waals surface area (Å²) in [5.41, 5.74) is 2.79. The van der Waals surface area contributed by atoms with E-state index in [4.69, 9.17) is 14.2 Å². The molecule has 5 amide bonds. The number of imide groups is 1. The Kier molecular flexibility index (Phi) is 15.0. The first-order valence-electron chi connectivity index (χ1n) is 15.4. The van der Waals surface area contributed by atoms with Crippen LogP contribution in [0.25, 0.3) is 0 Å². The second kappa shape index (κ2) is 19.2. The van der Waals surface area contributed by atoms with Crippen molar-refractivity contribution in [3.8, 4) is 5.75 Å². The maximum absolute atomic E-state index is 12.9. The largest absolute Gasteiger partial charge is 0.494 e. The van der Waals surface area contributed by atoms with E-state index in [1.54, 1.807) is 23.1 Å². The Morgan fingerprint density at radius 3 is 2.44 bits per heavy atom. The second-order valence-electron chi connectivity index (χ2n) is 10.9. The third-order valence-electron chi connectivity index (χ3n) is 7.54. The number of carbonyl (C=O) groups excluding carboxylic acids is 5. The van der Waals surface area contributed by atoms with Gasteiger partial charge in [0.2, 0.25) is 24.6 Å². The molecule has 2 aromatic rings. The Hall–Kier alpha value is -4.29. The zero-order valence-electron chi connectivity index (χ0n) is 26.0. The maximum atomic E-state index is 12.9. The minimum absolute atomic E-state index is 0.0651. The monoisotopic (exact) mass is 624 g/mol. The van der Waals surface area contributed by atoms with Gasteiger partial charge in [0.15, 0.2) is 0 Å². The smallest absolute Gasteiger partial charge is 0.254 e. The molecule has 0 aliphatic carbocycles. The van der Waals surface area contributed by atoms with Gasteiger partial charge in [-0.15, -0.1) is 0 Å². The third-order valence-corrected chi connectivity index (χ3v) is 7.54. The van der Waals surface area contributed by atoms with Crippen molar-refractivity contribution >= 4 is 36.2 Å². The molecule has 1 heterocycles. The Labute approximate surface area is 264 Å². The quantitative estimate of drug-likeness (QED) is 0.133. The molecule has 3 rings (SSSR count). The number of carbonyl (C=O) groups is 5. The molecule has 12 nitrogen and oxygen atoms in total. The Bertz CT molecular complexity index is 1290. The van der Waals surface area contributed by atoms with Crippen LogP contribution in [-0.2, 0) is 35.2 Å². The minimum Gasteiger partial charge on any atom is -0.494 e. The predicted octanol–water partition coefficient (Wildman–Crippen LogP) is 3.50. The fourth-order valence-corrected chi connectivity index (χ4v) is 4.95. The van der Waals surface area contributed by atoms with Crippen molar-refractivity contribution in [2.45, 2.75) is 71.0 Å². The van der Waals surface area contributed by atoms with E-state index in [1.807, 2.05) is 38.1 Å². The molecule has 3 N–H and O–H groups in total. The van der Waals surface area contributed by atoms with Gasteiger partial charge >= 0.3 is 0 Å². The molecule has 1 aliphatic heterocycles. The number of unbranched alkanes of at least 4 members (excludes halogenated alkanes) is 3. The summed E-state index contributed by atoms with van der Waals surface area (Å²) in [6.07, 6.45) is 5.46. The second-order valence-corrected chi connectivity index (χ2v) is 10.9. The van der Waals surface area contributed by atoms with Gasteiger partial charge in [-0.2, -0.15) is 0 Å². The highest BCUT2D eigenvalue weighted by Crippen LogP contribution is 2.31.